The summed E-state index contributed by atoms with van der Waals surface area (Å²) in [7, 11) is -3.69. The topological polar surface area (TPSA) is 102 Å². The largest absolute Gasteiger partial charge is 0.380 e. The smallest absolute Gasteiger partial charge is 0.251 e. The van der Waals surface area contributed by atoms with E-state index in [1.54, 1.807) is 12.1 Å². The van der Waals surface area contributed by atoms with E-state index in [2.05, 4.69) is 10.0 Å². The second-order valence-corrected chi connectivity index (χ2v) is 10.4. The maximum absolute atomic E-state index is 13.2. The summed E-state index contributed by atoms with van der Waals surface area (Å²) >= 11 is 0. The van der Waals surface area contributed by atoms with Gasteiger partial charge >= 0.3 is 0 Å². The molecule has 4 rings (SSSR count). The standard InChI is InChI=1S/C27H27FN2O5S/c28-22-10-8-21(9-11-22)27(32)29-25(16-19-4-2-1-3-5-19)26(31)17-20-6-12-24(13-7-20)36(33,34)30-23-14-15-35-18-23/h1-13,23,25,30H,14-18H2,(H,29,32)/t23-,25-/m0/s1. The molecule has 1 amide bonds. The van der Waals surface area contributed by atoms with E-state index < -0.39 is 27.8 Å². The number of nitrogens with one attached hydrogen (secondary N) is 2. The maximum Gasteiger partial charge on any atom is 0.251 e. The second kappa shape index (κ2) is 11.6. The Morgan fingerprint density at radius 3 is 2.28 bits per heavy atom. The molecule has 1 aliphatic rings. The molecular formula is C27H27FN2O5S. The fourth-order valence-corrected chi connectivity index (χ4v) is 5.22. The van der Waals surface area contributed by atoms with Crippen molar-refractivity contribution in [1.29, 1.82) is 0 Å². The van der Waals surface area contributed by atoms with Crippen molar-refractivity contribution in [2.75, 3.05) is 13.2 Å². The monoisotopic (exact) mass is 510 g/mol. The van der Waals surface area contributed by atoms with Crippen LogP contribution in [0.2, 0.25) is 0 Å². The molecular weight excluding hydrogens is 483 g/mol. The molecule has 1 heterocycles. The predicted molar refractivity (Wildman–Crippen MR) is 132 cm³/mol. The fourth-order valence-electron chi connectivity index (χ4n) is 3.96. The van der Waals surface area contributed by atoms with Crippen molar-refractivity contribution in [2.45, 2.75) is 36.2 Å². The number of ketones is 1. The van der Waals surface area contributed by atoms with Crippen LogP contribution in [0, 0.1) is 5.82 Å². The van der Waals surface area contributed by atoms with Gasteiger partial charge in [0, 0.05) is 24.6 Å². The molecule has 3 aromatic carbocycles. The third-order valence-electron chi connectivity index (χ3n) is 5.95. The van der Waals surface area contributed by atoms with E-state index >= 15 is 0 Å². The van der Waals surface area contributed by atoms with Crippen LogP contribution in [0.5, 0.6) is 0 Å². The van der Waals surface area contributed by atoms with Crippen molar-refractivity contribution in [2.24, 2.45) is 0 Å². The van der Waals surface area contributed by atoms with E-state index in [4.69, 9.17) is 4.74 Å². The number of carbonyl (C=O) groups excluding carboxylic acids is 2. The first-order valence-electron chi connectivity index (χ1n) is 11.6. The summed E-state index contributed by atoms with van der Waals surface area (Å²) in [5.74, 6) is -1.17. The van der Waals surface area contributed by atoms with Gasteiger partial charge in [-0.05, 0) is 60.4 Å². The van der Waals surface area contributed by atoms with Crippen LogP contribution in [0.4, 0.5) is 4.39 Å². The van der Waals surface area contributed by atoms with Gasteiger partial charge in [-0.15, -0.1) is 0 Å². The van der Waals surface area contributed by atoms with E-state index in [-0.39, 0.29) is 35.1 Å². The number of rotatable bonds is 10. The van der Waals surface area contributed by atoms with Gasteiger partial charge in [0.15, 0.2) is 5.78 Å². The number of hydrogen-bond acceptors (Lipinski definition) is 5. The zero-order valence-electron chi connectivity index (χ0n) is 19.5. The Labute approximate surface area is 209 Å². The van der Waals surface area contributed by atoms with Gasteiger partial charge in [0.05, 0.1) is 17.5 Å². The molecule has 1 aliphatic heterocycles. The van der Waals surface area contributed by atoms with Gasteiger partial charge in [-0.2, -0.15) is 0 Å². The van der Waals surface area contributed by atoms with Gasteiger partial charge in [0.1, 0.15) is 5.82 Å². The molecule has 36 heavy (non-hydrogen) atoms. The molecule has 3 aromatic rings. The van der Waals surface area contributed by atoms with Crippen LogP contribution in [0.25, 0.3) is 0 Å². The minimum absolute atomic E-state index is 0.00538. The van der Waals surface area contributed by atoms with Crippen LogP contribution < -0.4 is 10.0 Å². The molecule has 0 radical (unpaired) electrons. The van der Waals surface area contributed by atoms with Crippen molar-refractivity contribution in [1.82, 2.24) is 10.0 Å². The van der Waals surface area contributed by atoms with Gasteiger partial charge in [0.2, 0.25) is 10.0 Å². The average Bonchev–Trinajstić information content (AvgIpc) is 3.37. The number of ether oxygens (including phenoxy) is 1. The number of hydrogen-bond donors (Lipinski definition) is 2. The van der Waals surface area contributed by atoms with E-state index in [9.17, 15) is 22.4 Å². The van der Waals surface area contributed by atoms with E-state index in [1.807, 2.05) is 30.3 Å². The first kappa shape index (κ1) is 25.7. The molecule has 2 atom stereocenters. The third kappa shape index (κ3) is 6.84. The zero-order chi connectivity index (χ0) is 25.5. The number of halogens is 1. The summed E-state index contributed by atoms with van der Waals surface area (Å²) in [5.41, 5.74) is 1.74. The van der Waals surface area contributed by atoms with E-state index in [1.165, 1.54) is 36.4 Å². The molecule has 1 saturated heterocycles. The van der Waals surface area contributed by atoms with E-state index in [0.29, 0.717) is 25.2 Å². The predicted octanol–water partition coefficient (Wildman–Crippen LogP) is 3.05. The molecule has 0 unspecified atom stereocenters. The number of benzene rings is 3. The van der Waals surface area contributed by atoms with Crippen molar-refractivity contribution in [3.05, 3.63) is 101 Å². The van der Waals surface area contributed by atoms with Crippen LogP contribution in [-0.4, -0.2) is 45.4 Å². The minimum Gasteiger partial charge on any atom is -0.380 e. The Bertz CT molecular complexity index is 1290. The summed E-state index contributed by atoms with van der Waals surface area (Å²) in [6.45, 7) is 0.869. The zero-order valence-corrected chi connectivity index (χ0v) is 20.3. The minimum atomic E-state index is -3.69. The number of Topliss-reactive ketones (excluding diaryl/α,β-unsaturated/α-hetero) is 1. The van der Waals surface area contributed by atoms with Crippen LogP contribution >= 0.6 is 0 Å². The van der Waals surface area contributed by atoms with Gasteiger partial charge < -0.3 is 10.1 Å². The van der Waals surface area contributed by atoms with Gasteiger partial charge in [-0.3, -0.25) is 9.59 Å². The third-order valence-corrected chi connectivity index (χ3v) is 7.48. The summed E-state index contributed by atoms with van der Waals surface area (Å²) in [6, 6.07) is 19.4. The number of sulfonamides is 1. The Morgan fingerprint density at radius 2 is 1.64 bits per heavy atom. The number of amides is 1. The maximum atomic E-state index is 13.2. The summed E-state index contributed by atoms with van der Waals surface area (Å²) in [6.07, 6.45) is 0.913. The summed E-state index contributed by atoms with van der Waals surface area (Å²) in [5, 5.41) is 2.77. The molecule has 0 aromatic heterocycles. The fraction of sp³-hybridized carbons (Fsp3) is 0.259. The highest BCUT2D eigenvalue weighted by Crippen LogP contribution is 2.15. The second-order valence-electron chi connectivity index (χ2n) is 8.69. The van der Waals surface area contributed by atoms with Gasteiger partial charge in [-0.25, -0.2) is 17.5 Å². The van der Waals surface area contributed by atoms with Crippen LogP contribution in [0.15, 0.2) is 83.8 Å². The Balaban J connectivity index is 1.46. The normalized spacial score (nSPS) is 16.4. The Kier molecular flexibility index (Phi) is 8.25. The van der Waals surface area contributed by atoms with Gasteiger partial charge in [0.25, 0.3) is 5.91 Å². The Hall–Kier alpha value is -3.40. The average molecular weight is 511 g/mol. The highest BCUT2D eigenvalue weighted by Gasteiger charge is 2.25. The van der Waals surface area contributed by atoms with Crippen molar-refractivity contribution in [3.8, 4) is 0 Å². The lowest BCUT2D eigenvalue weighted by Gasteiger charge is -2.18. The summed E-state index contributed by atoms with van der Waals surface area (Å²) < 4.78 is 46.3. The lowest BCUT2D eigenvalue weighted by Crippen LogP contribution is -2.43. The highest BCUT2D eigenvalue weighted by atomic mass is 32.2. The highest BCUT2D eigenvalue weighted by molar-refractivity contribution is 7.89. The van der Waals surface area contributed by atoms with Crippen LogP contribution in [0.3, 0.4) is 0 Å². The number of carbonyl (C=O) groups is 2. The summed E-state index contributed by atoms with van der Waals surface area (Å²) in [4.78, 5) is 26.1. The van der Waals surface area contributed by atoms with Crippen LogP contribution in [0.1, 0.15) is 27.9 Å². The molecule has 0 aliphatic carbocycles. The first-order valence-corrected chi connectivity index (χ1v) is 13.1. The molecule has 0 saturated carbocycles. The lowest BCUT2D eigenvalue weighted by atomic mass is 9.97. The molecule has 7 nitrogen and oxygen atoms in total. The lowest BCUT2D eigenvalue weighted by molar-refractivity contribution is -0.120. The van der Waals surface area contributed by atoms with Crippen molar-refractivity contribution >= 4 is 21.7 Å². The molecule has 2 N–H and O–H groups in total. The van der Waals surface area contributed by atoms with Crippen molar-refractivity contribution in [3.63, 3.8) is 0 Å². The molecule has 0 bridgehead atoms. The van der Waals surface area contributed by atoms with Crippen LogP contribution in [-0.2, 0) is 32.4 Å². The Morgan fingerprint density at radius 1 is 0.944 bits per heavy atom. The molecule has 0 spiro atoms. The molecule has 188 valence electrons. The molecule has 1 fully saturated rings. The molecule has 9 heteroatoms. The first-order chi connectivity index (χ1) is 17.3. The van der Waals surface area contributed by atoms with Crippen molar-refractivity contribution < 1.29 is 27.1 Å². The quantitative estimate of drug-likeness (QED) is 0.437. The SMILES string of the molecule is O=C(N[C@@H](Cc1ccccc1)C(=O)Cc1ccc(S(=O)(=O)N[C@H]2CCOC2)cc1)c1ccc(F)cc1. The van der Waals surface area contributed by atoms with E-state index in [0.717, 1.165) is 5.56 Å². The van der Waals surface area contributed by atoms with Gasteiger partial charge in [-0.1, -0.05) is 42.5 Å².